The predicted octanol–water partition coefficient (Wildman–Crippen LogP) is 7.25. The summed E-state index contributed by atoms with van der Waals surface area (Å²) in [5.41, 5.74) is 9.09. The van der Waals surface area contributed by atoms with Crippen molar-refractivity contribution in [3.8, 4) is 11.5 Å². The van der Waals surface area contributed by atoms with E-state index in [-0.39, 0.29) is 11.7 Å². The number of aliphatic imine (C=N–C) groups is 1. The van der Waals surface area contributed by atoms with E-state index >= 15 is 0 Å². The van der Waals surface area contributed by atoms with E-state index in [4.69, 9.17) is 15.2 Å². The third kappa shape index (κ3) is 9.63. The molecule has 40 heavy (non-hydrogen) atoms. The molecule has 7 nitrogen and oxygen atoms in total. The van der Waals surface area contributed by atoms with Crippen LogP contribution in [0.15, 0.2) is 89.5 Å². The fraction of sp³-hybridized carbons (Fsp3) is 0.394. The van der Waals surface area contributed by atoms with Crippen molar-refractivity contribution in [1.82, 2.24) is 0 Å². The number of anilines is 1. The molecule has 2 aliphatic rings. The van der Waals surface area contributed by atoms with Gasteiger partial charge < -0.3 is 25.2 Å². The van der Waals surface area contributed by atoms with Gasteiger partial charge in [0.2, 0.25) is 0 Å². The summed E-state index contributed by atoms with van der Waals surface area (Å²) in [5.74, 6) is 3.24. The van der Waals surface area contributed by atoms with Crippen LogP contribution >= 0.6 is 0 Å². The first-order valence-corrected chi connectivity index (χ1v) is 14.0. The van der Waals surface area contributed by atoms with Crippen LogP contribution in [-0.4, -0.2) is 37.9 Å². The minimum absolute atomic E-state index is 0.121. The van der Waals surface area contributed by atoms with Crippen molar-refractivity contribution in [1.29, 1.82) is 0 Å². The largest absolute Gasteiger partial charge is 0.508 e. The second kappa shape index (κ2) is 16.9. The van der Waals surface area contributed by atoms with Crippen molar-refractivity contribution < 1.29 is 19.4 Å². The number of carbonyl (C=O) groups is 1. The third-order valence-corrected chi connectivity index (χ3v) is 7.05. The maximum Gasteiger partial charge on any atom is 0.258 e. The highest BCUT2D eigenvalue weighted by Crippen LogP contribution is 2.43. The van der Waals surface area contributed by atoms with Gasteiger partial charge in [0.25, 0.3) is 5.91 Å². The highest BCUT2D eigenvalue weighted by molar-refractivity contribution is 6.05. The minimum Gasteiger partial charge on any atom is -0.508 e. The Morgan fingerprint density at radius 3 is 2.30 bits per heavy atom. The summed E-state index contributed by atoms with van der Waals surface area (Å²) in [6.07, 6.45) is 13.7. The fourth-order valence-electron chi connectivity index (χ4n) is 4.63. The lowest BCUT2D eigenvalue weighted by atomic mass is 9.64. The van der Waals surface area contributed by atoms with Crippen LogP contribution < -0.4 is 15.4 Å². The van der Waals surface area contributed by atoms with Gasteiger partial charge in [0.15, 0.2) is 0 Å². The van der Waals surface area contributed by atoms with Gasteiger partial charge in [0, 0.05) is 36.8 Å². The van der Waals surface area contributed by atoms with E-state index < -0.39 is 0 Å². The number of phenolic OH excluding ortho intramolecular Hbond substituents is 1. The van der Waals surface area contributed by atoms with E-state index in [1.807, 2.05) is 27.8 Å². The van der Waals surface area contributed by atoms with E-state index in [1.54, 1.807) is 68.8 Å². The zero-order chi connectivity index (χ0) is 29.5. The van der Waals surface area contributed by atoms with Crippen molar-refractivity contribution in [2.24, 2.45) is 22.6 Å². The average Bonchev–Trinajstić information content (AvgIpc) is 2.97. The predicted molar refractivity (Wildman–Crippen MR) is 165 cm³/mol. The van der Waals surface area contributed by atoms with Gasteiger partial charge in [-0.25, -0.2) is 0 Å². The normalized spacial score (nSPS) is 19.3. The number of benzene rings is 2. The summed E-state index contributed by atoms with van der Waals surface area (Å²) in [6.45, 7) is 5.81. The molecule has 0 spiro atoms. The Morgan fingerprint density at radius 1 is 1.07 bits per heavy atom. The number of aromatic hydroxyl groups is 1. The first kappa shape index (κ1) is 32.2. The first-order chi connectivity index (χ1) is 19.3. The molecule has 2 unspecified atom stereocenters. The van der Waals surface area contributed by atoms with Gasteiger partial charge in [-0.1, -0.05) is 13.8 Å². The lowest BCUT2D eigenvalue weighted by Gasteiger charge is -2.41. The summed E-state index contributed by atoms with van der Waals surface area (Å²) >= 11 is 0. The number of hydrogen-bond acceptors (Lipinski definition) is 6. The summed E-state index contributed by atoms with van der Waals surface area (Å²) in [7, 11) is 5.22. The minimum atomic E-state index is -0.173. The number of ether oxygens (including phenoxy) is 2. The van der Waals surface area contributed by atoms with E-state index in [9.17, 15) is 9.90 Å². The number of phenols is 1. The van der Waals surface area contributed by atoms with Gasteiger partial charge in [-0.3, -0.25) is 9.79 Å². The van der Waals surface area contributed by atoms with Crippen LogP contribution in [0.2, 0.25) is 0 Å². The van der Waals surface area contributed by atoms with Crippen LogP contribution in [0.5, 0.6) is 11.5 Å². The highest BCUT2D eigenvalue weighted by atomic mass is 16.5. The number of amides is 1. The zero-order valence-corrected chi connectivity index (χ0v) is 24.8. The molecule has 216 valence electrons. The molecule has 1 amide bonds. The van der Waals surface area contributed by atoms with Gasteiger partial charge in [-0.2, -0.15) is 0 Å². The first-order valence-electron chi connectivity index (χ1n) is 14.0. The number of allylic oxidation sites excluding steroid dienone is 4. The molecule has 7 heteroatoms. The Kier molecular flexibility index (Phi) is 13.6. The van der Waals surface area contributed by atoms with Crippen molar-refractivity contribution in [2.75, 3.05) is 26.1 Å². The highest BCUT2D eigenvalue weighted by Gasteiger charge is 2.36. The van der Waals surface area contributed by atoms with E-state index in [0.29, 0.717) is 22.8 Å². The molecule has 0 heterocycles. The molecule has 2 aromatic carbocycles. The summed E-state index contributed by atoms with van der Waals surface area (Å²) in [4.78, 5) is 18.4. The Morgan fingerprint density at radius 2 is 1.75 bits per heavy atom. The molecule has 2 aromatic rings. The van der Waals surface area contributed by atoms with Crippen LogP contribution in [-0.2, 0) is 4.74 Å². The molecule has 2 aliphatic carbocycles. The molecule has 2 atom stereocenters. The van der Waals surface area contributed by atoms with Crippen molar-refractivity contribution in [2.45, 2.75) is 52.9 Å². The van der Waals surface area contributed by atoms with Crippen LogP contribution in [0.3, 0.4) is 0 Å². The average molecular weight is 548 g/mol. The number of fused-ring (bicyclic) bond motifs is 1. The second-order valence-corrected chi connectivity index (χ2v) is 9.53. The smallest absolute Gasteiger partial charge is 0.258 e. The van der Waals surface area contributed by atoms with Crippen LogP contribution in [0.1, 0.15) is 63.2 Å². The quantitative estimate of drug-likeness (QED) is 0.281. The molecule has 3 N–H and O–H groups in total. The monoisotopic (exact) mass is 547 g/mol. The summed E-state index contributed by atoms with van der Waals surface area (Å²) in [5, 5.41) is 9.33. The van der Waals surface area contributed by atoms with Gasteiger partial charge >= 0.3 is 0 Å². The topological polar surface area (TPSA) is 97.4 Å². The van der Waals surface area contributed by atoms with E-state index in [0.717, 1.165) is 17.5 Å². The van der Waals surface area contributed by atoms with Crippen LogP contribution in [0, 0.1) is 11.8 Å². The number of carbonyl (C=O) groups excluding carboxylic acids is 1. The van der Waals surface area contributed by atoms with E-state index in [1.165, 1.54) is 61.1 Å². The molecule has 0 saturated heterocycles. The molecule has 0 radical (unpaired) electrons. The maximum absolute atomic E-state index is 12.5. The maximum atomic E-state index is 12.5. The zero-order valence-electron chi connectivity index (χ0n) is 24.8. The van der Waals surface area contributed by atoms with Gasteiger partial charge in [-0.15, -0.1) is 0 Å². The van der Waals surface area contributed by atoms with Crippen molar-refractivity contribution in [3.63, 3.8) is 0 Å². The Bertz CT molecular complexity index is 1180. The van der Waals surface area contributed by atoms with Gasteiger partial charge in [-0.05, 0) is 118 Å². The molecule has 2 saturated carbocycles. The Balaban J connectivity index is 0.000000384. The Hall–Kier alpha value is -4.00. The number of methoxy groups -OCH3 is 1. The summed E-state index contributed by atoms with van der Waals surface area (Å²) in [6, 6.07) is 13.2. The lowest BCUT2D eigenvalue weighted by molar-refractivity contribution is 0.0993. The van der Waals surface area contributed by atoms with Gasteiger partial charge in [0.05, 0.1) is 19.1 Å². The van der Waals surface area contributed by atoms with Crippen LogP contribution in [0.25, 0.3) is 0 Å². The number of hydrogen-bond donors (Lipinski definition) is 2. The third-order valence-electron chi connectivity index (χ3n) is 7.05. The number of nitrogens with two attached hydrogens (primary N) is 1. The van der Waals surface area contributed by atoms with E-state index in [2.05, 4.69) is 4.99 Å². The molecule has 2 fully saturated rings. The molecule has 0 aliphatic heterocycles. The number of rotatable bonds is 7. The lowest BCUT2D eigenvalue weighted by Crippen LogP contribution is -2.36. The van der Waals surface area contributed by atoms with Crippen molar-refractivity contribution >= 4 is 17.3 Å². The molecular weight excluding hydrogens is 502 g/mol. The molecule has 0 bridgehead atoms. The van der Waals surface area contributed by atoms with Crippen molar-refractivity contribution in [3.05, 3.63) is 90.0 Å². The molecular formula is C33H45N3O4. The second-order valence-electron chi connectivity index (χ2n) is 9.53. The molecule has 0 aromatic heterocycles. The SMILES string of the molecule is CC.CN=C1CCCC2CCC12.CO/C(C)=C/C(N)=C\C=C\Oc1ccc(N(C)C(=O)c2ccc(O)cc2)cc1. The number of nitrogens with zero attached hydrogens (tertiary/aromatic N) is 2. The van der Waals surface area contributed by atoms with Crippen LogP contribution in [0.4, 0.5) is 5.69 Å². The fourth-order valence-corrected chi connectivity index (χ4v) is 4.63. The standard InChI is InChI=1S/C22H24N2O4.C9H15N.C2H6/c1-16(27-3)15-18(23)5-4-14-28-21-12-8-19(9-13-21)24(2)22(26)17-6-10-20(25)11-7-17;1-10-9-4-2-3-7-5-6-8(7)9;1-2/h4-15,25H,23H2,1-3H3;7-8H,2-6H2,1H3;1-2H3/b14-4+,16-15+,18-5+;;. The summed E-state index contributed by atoms with van der Waals surface area (Å²) < 4.78 is 10.5. The van der Waals surface area contributed by atoms with Gasteiger partial charge in [0.1, 0.15) is 11.5 Å². The molecule has 4 rings (SSSR count). The Labute approximate surface area is 239 Å².